The Bertz CT molecular complexity index is 891. The van der Waals surface area contributed by atoms with Gasteiger partial charge in [-0.3, -0.25) is 9.10 Å². The molecule has 0 aromatic heterocycles. The van der Waals surface area contributed by atoms with Gasteiger partial charge in [-0.1, -0.05) is 18.2 Å². The van der Waals surface area contributed by atoms with E-state index in [0.29, 0.717) is 11.3 Å². The number of para-hydroxylation sites is 1. The molecule has 3 rings (SSSR count). The second-order valence-corrected chi connectivity index (χ2v) is 8.56. The summed E-state index contributed by atoms with van der Waals surface area (Å²) in [5.74, 6) is -0.0308. The topological polar surface area (TPSA) is 57.7 Å². The smallest absolute Gasteiger partial charge is 0.258 e. The molecule has 1 aliphatic heterocycles. The molecule has 0 aliphatic carbocycles. The number of hydrogen-bond donors (Lipinski definition) is 0. The zero-order chi connectivity index (χ0) is 18.2. The first-order valence-electron chi connectivity index (χ1n) is 8.33. The molecule has 5 nitrogen and oxygen atoms in total. The van der Waals surface area contributed by atoms with Crippen molar-refractivity contribution in [3.8, 4) is 0 Å². The number of carbonyl (C=O) groups excluding carboxylic acids is 1. The van der Waals surface area contributed by atoms with Crippen LogP contribution in [0.2, 0.25) is 0 Å². The van der Waals surface area contributed by atoms with Crippen molar-refractivity contribution in [1.29, 1.82) is 0 Å². The third-order valence-electron chi connectivity index (χ3n) is 4.69. The van der Waals surface area contributed by atoms with Crippen LogP contribution in [-0.4, -0.2) is 33.2 Å². The van der Waals surface area contributed by atoms with Crippen LogP contribution < -0.4 is 9.21 Å². The number of rotatable bonds is 4. The highest BCUT2D eigenvalue weighted by Gasteiger charge is 2.31. The monoisotopic (exact) mass is 358 g/mol. The minimum Gasteiger partial charge on any atom is -0.305 e. The lowest BCUT2D eigenvalue weighted by Gasteiger charge is -2.23. The minimum absolute atomic E-state index is 0.0340. The summed E-state index contributed by atoms with van der Waals surface area (Å²) in [6.45, 7) is 3.64. The zero-order valence-electron chi connectivity index (χ0n) is 14.6. The molecule has 25 heavy (non-hydrogen) atoms. The Morgan fingerprint density at radius 2 is 1.80 bits per heavy atom. The molecule has 6 heteroatoms. The molecule has 2 aromatic carbocycles. The van der Waals surface area contributed by atoms with Crippen molar-refractivity contribution in [2.24, 2.45) is 0 Å². The Labute approximate surface area is 148 Å². The number of fused-ring (bicyclic) bond motifs is 1. The summed E-state index contributed by atoms with van der Waals surface area (Å²) in [7, 11) is -1.79. The van der Waals surface area contributed by atoms with Gasteiger partial charge in [-0.25, -0.2) is 8.42 Å². The molecule has 0 unspecified atom stereocenters. The molecule has 1 heterocycles. The van der Waals surface area contributed by atoms with Crippen molar-refractivity contribution in [2.45, 2.75) is 26.3 Å². The molecule has 0 spiro atoms. The van der Waals surface area contributed by atoms with Gasteiger partial charge >= 0.3 is 0 Å². The van der Waals surface area contributed by atoms with Crippen molar-refractivity contribution in [3.05, 3.63) is 59.7 Å². The molecular formula is C19H22N2O3S. The number of sulfonamides is 1. The molecule has 0 saturated carbocycles. The Morgan fingerprint density at radius 3 is 2.44 bits per heavy atom. The Kier molecular flexibility index (Phi) is 4.56. The lowest BCUT2D eigenvalue weighted by molar-refractivity contribution is 0.0981. The predicted molar refractivity (Wildman–Crippen MR) is 101 cm³/mol. The molecule has 0 N–H and O–H groups in total. The van der Waals surface area contributed by atoms with Crippen molar-refractivity contribution < 1.29 is 13.2 Å². The number of benzene rings is 2. The van der Waals surface area contributed by atoms with Crippen molar-refractivity contribution in [3.63, 3.8) is 0 Å². The van der Waals surface area contributed by atoms with E-state index in [1.54, 1.807) is 31.2 Å². The molecule has 0 bridgehead atoms. The number of carbonyl (C=O) groups is 1. The van der Waals surface area contributed by atoms with E-state index in [9.17, 15) is 13.2 Å². The predicted octanol–water partition coefficient (Wildman–Crippen LogP) is 3.06. The lowest BCUT2D eigenvalue weighted by atomic mass is 10.1. The van der Waals surface area contributed by atoms with Gasteiger partial charge in [-0.15, -0.1) is 0 Å². The second-order valence-electron chi connectivity index (χ2n) is 6.27. The number of anilines is 2. The molecule has 0 radical (unpaired) electrons. The summed E-state index contributed by atoms with van der Waals surface area (Å²) >= 11 is 0. The Balaban J connectivity index is 1.87. The van der Waals surface area contributed by atoms with Crippen molar-refractivity contribution in [1.82, 2.24) is 0 Å². The molecule has 132 valence electrons. The summed E-state index contributed by atoms with van der Waals surface area (Å²) in [6, 6.07) is 14.8. The fourth-order valence-electron chi connectivity index (χ4n) is 3.18. The summed E-state index contributed by atoms with van der Waals surface area (Å²) in [6.07, 6.45) is 0.845. The third kappa shape index (κ3) is 3.14. The van der Waals surface area contributed by atoms with Gasteiger partial charge in [0.25, 0.3) is 5.91 Å². The largest absolute Gasteiger partial charge is 0.305 e. The number of hydrogen-bond acceptors (Lipinski definition) is 3. The standard InChI is InChI=1S/C19H22N2O3S/c1-4-25(23,24)20(3)17-11-9-15(10-12-17)19(22)21-14(2)13-16-7-5-6-8-18(16)21/h5-12,14H,4,13H2,1-3H3/t14-/m1/s1. The van der Waals surface area contributed by atoms with E-state index in [4.69, 9.17) is 0 Å². The van der Waals surface area contributed by atoms with E-state index in [2.05, 4.69) is 0 Å². The average molecular weight is 358 g/mol. The highest BCUT2D eigenvalue weighted by molar-refractivity contribution is 7.92. The van der Waals surface area contributed by atoms with Gasteiger partial charge in [0.15, 0.2) is 0 Å². The maximum Gasteiger partial charge on any atom is 0.258 e. The van der Waals surface area contributed by atoms with E-state index < -0.39 is 10.0 Å². The summed E-state index contributed by atoms with van der Waals surface area (Å²) in [5, 5.41) is 0. The van der Waals surface area contributed by atoms with Crippen LogP contribution in [0.1, 0.15) is 29.8 Å². The molecule has 1 aliphatic rings. The SMILES string of the molecule is CCS(=O)(=O)N(C)c1ccc(C(=O)N2c3ccccc3C[C@H]2C)cc1. The highest BCUT2D eigenvalue weighted by Crippen LogP contribution is 2.33. The van der Waals surface area contributed by atoms with E-state index in [1.807, 2.05) is 36.1 Å². The number of amides is 1. The van der Waals surface area contributed by atoms with Crippen LogP contribution in [0.25, 0.3) is 0 Å². The highest BCUT2D eigenvalue weighted by atomic mass is 32.2. The molecule has 1 amide bonds. The van der Waals surface area contributed by atoms with Crippen LogP contribution in [0, 0.1) is 0 Å². The molecular weight excluding hydrogens is 336 g/mol. The van der Waals surface area contributed by atoms with E-state index in [1.165, 1.54) is 16.9 Å². The van der Waals surface area contributed by atoms with Crippen molar-refractivity contribution >= 4 is 27.3 Å². The molecule has 2 aromatic rings. The van der Waals surface area contributed by atoms with E-state index in [-0.39, 0.29) is 17.7 Å². The quantitative estimate of drug-likeness (QED) is 0.844. The summed E-state index contributed by atoms with van der Waals surface area (Å²) in [5.41, 5.74) is 3.23. The van der Waals surface area contributed by atoms with E-state index in [0.717, 1.165) is 12.1 Å². The first kappa shape index (κ1) is 17.5. The van der Waals surface area contributed by atoms with Crippen LogP contribution in [0.4, 0.5) is 11.4 Å². The maximum absolute atomic E-state index is 12.9. The van der Waals surface area contributed by atoms with Crippen LogP contribution in [0.3, 0.4) is 0 Å². The Morgan fingerprint density at radius 1 is 1.16 bits per heavy atom. The molecule has 0 saturated heterocycles. The average Bonchev–Trinajstić information content (AvgIpc) is 2.96. The minimum atomic E-state index is -3.31. The van der Waals surface area contributed by atoms with Gasteiger partial charge in [0.2, 0.25) is 10.0 Å². The van der Waals surface area contributed by atoms with Gasteiger partial charge in [-0.2, -0.15) is 0 Å². The van der Waals surface area contributed by atoms with E-state index >= 15 is 0 Å². The maximum atomic E-state index is 12.9. The van der Waals surface area contributed by atoms with Gasteiger partial charge < -0.3 is 4.90 Å². The fourth-order valence-corrected chi connectivity index (χ4v) is 4.01. The molecule has 1 atom stereocenters. The Hall–Kier alpha value is -2.34. The van der Waals surface area contributed by atoms with Crippen LogP contribution in [0.15, 0.2) is 48.5 Å². The first-order valence-corrected chi connectivity index (χ1v) is 9.94. The molecule has 0 fully saturated rings. The van der Waals surface area contributed by atoms with Crippen LogP contribution in [0.5, 0.6) is 0 Å². The summed E-state index contributed by atoms with van der Waals surface area (Å²) in [4.78, 5) is 14.8. The van der Waals surface area contributed by atoms with Gasteiger partial charge in [0, 0.05) is 24.3 Å². The number of nitrogens with zero attached hydrogens (tertiary/aromatic N) is 2. The first-order chi connectivity index (χ1) is 11.8. The van der Waals surface area contributed by atoms with Gasteiger partial charge in [-0.05, 0) is 56.2 Å². The zero-order valence-corrected chi connectivity index (χ0v) is 15.5. The van der Waals surface area contributed by atoms with Gasteiger partial charge in [0.05, 0.1) is 11.4 Å². The van der Waals surface area contributed by atoms with Crippen LogP contribution >= 0.6 is 0 Å². The van der Waals surface area contributed by atoms with Gasteiger partial charge in [0.1, 0.15) is 0 Å². The fraction of sp³-hybridized carbons (Fsp3) is 0.316. The summed E-state index contributed by atoms with van der Waals surface area (Å²) < 4.78 is 25.2. The van der Waals surface area contributed by atoms with Crippen LogP contribution in [-0.2, 0) is 16.4 Å². The normalized spacial score (nSPS) is 16.6. The second kappa shape index (κ2) is 6.52. The third-order valence-corrected chi connectivity index (χ3v) is 6.46. The lowest BCUT2D eigenvalue weighted by Crippen LogP contribution is -2.35. The van der Waals surface area contributed by atoms with Crippen molar-refractivity contribution in [2.75, 3.05) is 22.0 Å².